The quantitative estimate of drug-likeness (QED) is 0.586. The van der Waals surface area contributed by atoms with Crippen LogP contribution in [0.25, 0.3) is 0 Å². The van der Waals surface area contributed by atoms with E-state index in [2.05, 4.69) is 31.1 Å². The molecule has 0 amide bonds. The summed E-state index contributed by atoms with van der Waals surface area (Å²) in [6.07, 6.45) is 11.3. The first-order chi connectivity index (χ1) is 8.50. The van der Waals surface area contributed by atoms with Crippen LogP contribution < -0.4 is 0 Å². The van der Waals surface area contributed by atoms with Crippen LogP contribution in [0.2, 0.25) is 0 Å². The molecule has 0 saturated carbocycles. The SMILES string of the molecule is C1CCCCCN=N/N=N/N=NCCCCC1. The summed E-state index contributed by atoms with van der Waals surface area (Å²) in [5.41, 5.74) is 0. The molecular formula is C11H22N6. The largest absolute Gasteiger partial charge is 0.167 e. The van der Waals surface area contributed by atoms with Gasteiger partial charge in [-0.3, -0.25) is 0 Å². The molecule has 17 heavy (non-hydrogen) atoms. The van der Waals surface area contributed by atoms with E-state index in [4.69, 9.17) is 0 Å². The first kappa shape index (κ1) is 13.9. The van der Waals surface area contributed by atoms with Gasteiger partial charge in [0.1, 0.15) is 0 Å². The van der Waals surface area contributed by atoms with Crippen LogP contribution in [0.1, 0.15) is 57.8 Å². The minimum Gasteiger partial charge on any atom is -0.167 e. The molecule has 6 nitrogen and oxygen atoms in total. The lowest BCUT2D eigenvalue weighted by Gasteiger charge is -2.00. The number of rotatable bonds is 0. The van der Waals surface area contributed by atoms with E-state index >= 15 is 0 Å². The Hall–Kier alpha value is -1.20. The highest BCUT2D eigenvalue weighted by atomic mass is 15.6. The highest BCUT2D eigenvalue weighted by Crippen LogP contribution is 2.10. The van der Waals surface area contributed by atoms with Crippen molar-refractivity contribution in [3.63, 3.8) is 0 Å². The van der Waals surface area contributed by atoms with E-state index in [9.17, 15) is 0 Å². The molecule has 0 aromatic carbocycles. The summed E-state index contributed by atoms with van der Waals surface area (Å²) >= 11 is 0. The van der Waals surface area contributed by atoms with E-state index in [0.29, 0.717) is 0 Å². The van der Waals surface area contributed by atoms with Gasteiger partial charge in [-0.15, -0.1) is 0 Å². The predicted octanol–water partition coefficient (Wildman–Crippen LogP) is 4.70. The van der Waals surface area contributed by atoms with E-state index in [0.717, 1.165) is 25.9 Å². The average Bonchev–Trinajstić information content (AvgIpc) is 2.35. The standard InChI is InChI=1S/C11H22N6/c1-2-4-6-8-10-12-14-16-17-15-13-11-9-7-5-3-1/h1-11H2/b14-12?,15-13?,17-16+. The summed E-state index contributed by atoms with van der Waals surface area (Å²) < 4.78 is 0. The molecule has 1 rings (SSSR count). The Morgan fingerprint density at radius 3 is 1.12 bits per heavy atom. The lowest BCUT2D eigenvalue weighted by molar-refractivity contribution is 0.559. The Morgan fingerprint density at radius 2 is 0.706 bits per heavy atom. The first-order valence-corrected chi connectivity index (χ1v) is 6.63. The van der Waals surface area contributed by atoms with Gasteiger partial charge in [0.2, 0.25) is 0 Å². The van der Waals surface area contributed by atoms with Gasteiger partial charge in [-0.1, -0.05) is 44.9 Å². The van der Waals surface area contributed by atoms with Crippen molar-refractivity contribution in [3.8, 4) is 0 Å². The van der Waals surface area contributed by atoms with E-state index in [-0.39, 0.29) is 0 Å². The van der Waals surface area contributed by atoms with Gasteiger partial charge in [-0.25, -0.2) is 0 Å². The minimum absolute atomic E-state index is 0.732. The number of hydrogen-bond donors (Lipinski definition) is 0. The molecule has 0 aromatic heterocycles. The second-order valence-corrected chi connectivity index (χ2v) is 4.27. The molecular weight excluding hydrogens is 216 g/mol. The zero-order valence-electron chi connectivity index (χ0n) is 10.5. The van der Waals surface area contributed by atoms with E-state index < -0.39 is 0 Å². The molecule has 0 saturated heterocycles. The topological polar surface area (TPSA) is 74.2 Å². The van der Waals surface area contributed by atoms with Crippen LogP contribution in [0.3, 0.4) is 0 Å². The summed E-state index contributed by atoms with van der Waals surface area (Å²) in [7, 11) is 0. The molecule has 0 aromatic rings. The average molecular weight is 238 g/mol. The van der Waals surface area contributed by atoms with Crippen LogP contribution in [-0.2, 0) is 0 Å². The van der Waals surface area contributed by atoms with Crippen LogP contribution in [0.4, 0.5) is 0 Å². The molecule has 0 aliphatic carbocycles. The molecule has 0 unspecified atom stereocenters. The van der Waals surface area contributed by atoms with Gasteiger partial charge in [0.15, 0.2) is 0 Å². The van der Waals surface area contributed by atoms with Gasteiger partial charge in [0, 0.05) is 0 Å². The third-order valence-electron chi connectivity index (χ3n) is 2.76. The predicted molar refractivity (Wildman–Crippen MR) is 65.9 cm³/mol. The van der Waals surface area contributed by atoms with Gasteiger partial charge in [0.05, 0.1) is 13.1 Å². The highest BCUT2D eigenvalue weighted by molar-refractivity contribution is 4.49. The number of hydrogen-bond acceptors (Lipinski definition) is 6. The van der Waals surface area contributed by atoms with Crippen molar-refractivity contribution in [1.29, 1.82) is 0 Å². The summed E-state index contributed by atoms with van der Waals surface area (Å²) in [5, 5.41) is 21.7. The van der Waals surface area contributed by atoms with E-state index in [1.165, 1.54) is 44.9 Å². The van der Waals surface area contributed by atoms with Crippen LogP contribution in [0, 0.1) is 0 Å². The first-order valence-electron chi connectivity index (χ1n) is 6.63. The van der Waals surface area contributed by atoms with Crippen molar-refractivity contribution in [1.82, 2.24) is 0 Å². The van der Waals surface area contributed by atoms with Gasteiger partial charge in [0.25, 0.3) is 0 Å². The molecule has 0 N–H and O–H groups in total. The van der Waals surface area contributed by atoms with Gasteiger partial charge in [-0.2, -0.15) is 10.2 Å². The molecule has 1 heterocycles. The maximum absolute atomic E-state index is 3.88. The monoisotopic (exact) mass is 238 g/mol. The third kappa shape index (κ3) is 9.71. The molecule has 0 bridgehead atoms. The van der Waals surface area contributed by atoms with Crippen molar-refractivity contribution in [3.05, 3.63) is 0 Å². The second kappa shape index (κ2) is 11.3. The third-order valence-corrected chi connectivity index (χ3v) is 2.76. The van der Waals surface area contributed by atoms with Gasteiger partial charge < -0.3 is 0 Å². The fraction of sp³-hybridized carbons (Fsp3) is 1.00. The zero-order chi connectivity index (χ0) is 12.0. The van der Waals surface area contributed by atoms with Crippen molar-refractivity contribution in [2.24, 2.45) is 31.1 Å². The Labute approximate surface area is 103 Å². The Bertz CT molecular complexity index is 224. The van der Waals surface area contributed by atoms with Crippen molar-refractivity contribution < 1.29 is 0 Å². The van der Waals surface area contributed by atoms with E-state index in [1.807, 2.05) is 0 Å². The summed E-state index contributed by atoms with van der Waals surface area (Å²) in [6.45, 7) is 1.46. The number of nitrogens with zero attached hydrogens (tertiary/aromatic N) is 6. The van der Waals surface area contributed by atoms with Crippen LogP contribution in [0.5, 0.6) is 0 Å². The van der Waals surface area contributed by atoms with E-state index in [1.54, 1.807) is 0 Å². The fourth-order valence-electron chi connectivity index (χ4n) is 1.78. The summed E-state index contributed by atoms with van der Waals surface area (Å²) in [4.78, 5) is 0. The Morgan fingerprint density at radius 1 is 0.353 bits per heavy atom. The minimum atomic E-state index is 0.732. The maximum atomic E-state index is 3.88. The lowest BCUT2D eigenvalue weighted by Crippen LogP contribution is -1.84. The smallest absolute Gasteiger partial charge is 0.0621 e. The fourth-order valence-corrected chi connectivity index (χ4v) is 1.78. The Balaban J connectivity index is 2.22. The van der Waals surface area contributed by atoms with Crippen molar-refractivity contribution >= 4 is 0 Å². The molecule has 0 spiro atoms. The van der Waals surface area contributed by atoms with Gasteiger partial charge in [-0.05, 0) is 33.7 Å². The molecule has 0 fully saturated rings. The second-order valence-electron chi connectivity index (χ2n) is 4.27. The summed E-state index contributed by atoms with van der Waals surface area (Å²) in [6, 6.07) is 0. The van der Waals surface area contributed by atoms with Crippen molar-refractivity contribution in [2.75, 3.05) is 13.1 Å². The Kier molecular flexibility index (Phi) is 9.21. The van der Waals surface area contributed by atoms with Crippen LogP contribution in [0.15, 0.2) is 31.1 Å². The summed E-state index contributed by atoms with van der Waals surface area (Å²) in [5.74, 6) is 0. The van der Waals surface area contributed by atoms with Crippen LogP contribution >= 0.6 is 0 Å². The highest BCUT2D eigenvalue weighted by Gasteiger charge is 1.93. The molecule has 0 radical (unpaired) electrons. The normalized spacial score (nSPS) is 23.1. The van der Waals surface area contributed by atoms with Crippen molar-refractivity contribution in [2.45, 2.75) is 57.8 Å². The molecule has 96 valence electrons. The zero-order valence-corrected chi connectivity index (χ0v) is 10.5. The lowest BCUT2D eigenvalue weighted by atomic mass is 10.1. The van der Waals surface area contributed by atoms with Crippen LogP contribution in [-0.4, -0.2) is 13.1 Å². The molecule has 1 aliphatic rings. The maximum Gasteiger partial charge on any atom is 0.0621 e. The molecule has 6 heteroatoms. The molecule has 0 atom stereocenters. The molecule has 1 aliphatic heterocycles. The van der Waals surface area contributed by atoms with Gasteiger partial charge >= 0.3 is 0 Å².